The van der Waals surface area contributed by atoms with Crippen molar-refractivity contribution in [2.75, 3.05) is 7.05 Å². The van der Waals surface area contributed by atoms with Crippen molar-refractivity contribution in [2.24, 2.45) is 5.73 Å². The first-order chi connectivity index (χ1) is 19.0. The molecule has 1 aromatic carbocycles. The Morgan fingerprint density at radius 3 is 2.30 bits per heavy atom. The number of halogens is 2. The summed E-state index contributed by atoms with van der Waals surface area (Å²) in [5.41, 5.74) is 16.2. The molecule has 1 aromatic rings. The van der Waals surface area contributed by atoms with Crippen molar-refractivity contribution < 1.29 is 13.5 Å². The van der Waals surface area contributed by atoms with Crippen LogP contribution in [0.4, 0.5) is 8.78 Å². The maximum Gasteiger partial charge on any atom is 0.353 e. The molecular weight excluding hydrogens is 502 g/mol. The van der Waals surface area contributed by atoms with Crippen LogP contribution in [0.25, 0.3) is 11.6 Å². The highest BCUT2D eigenvalue weighted by atomic mass is 19.3. The lowest BCUT2D eigenvalue weighted by Crippen LogP contribution is -2.26. The molecule has 0 aliphatic heterocycles. The molecule has 1 unspecified atom stereocenters. The van der Waals surface area contributed by atoms with Crippen LogP contribution >= 0.6 is 0 Å². The Bertz CT molecular complexity index is 1220. The number of hydrogen-bond acceptors (Lipinski definition) is 3. The van der Waals surface area contributed by atoms with E-state index in [4.69, 9.17) is 4.74 Å². The topological polar surface area (TPSA) is 38.5 Å². The number of hydrogen-bond donors (Lipinski definition) is 1. The van der Waals surface area contributed by atoms with E-state index in [1.54, 1.807) is 17.2 Å². The molecule has 2 N–H and O–H groups in total. The Balaban J connectivity index is 0.000000358. The molecule has 0 bridgehead atoms. The van der Waals surface area contributed by atoms with Gasteiger partial charge in [-0.05, 0) is 86.9 Å². The maximum absolute atomic E-state index is 13.0. The van der Waals surface area contributed by atoms with Crippen LogP contribution in [0.15, 0.2) is 103 Å². The lowest BCUT2D eigenvalue weighted by molar-refractivity contribution is -0.239. The SMILES string of the molecule is C=CC1=C(N(C)C2=CCC(OC(C)(F)F)C=C2)CCc2cc(C=C)ccc21.C=CN.CCC1=C(C)CCC=C1C. The van der Waals surface area contributed by atoms with Crippen LogP contribution in [-0.4, -0.2) is 24.2 Å². The molecule has 0 aromatic heterocycles. The Morgan fingerprint density at radius 1 is 1.10 bits per heavy atom. The summed E-state index contributed by atoms with van der Waals surface area (Å²) in [5, 5.41) is 0. The van der Waals surface area contributed by atoms with Crippen LogP contribution in [0.2, 0.25) is 0 Å². The molecule has 0 amide bonds. The lowest BCUT2D eigenvalue weighted by Gasteiger charge is -2.32. The number of nitrogens with zero attached hydrogens (tertiary/aromatic N) is 1. The standard InChI is InChI=1S/C23H25F2NO.C10H16.C2H5N/c1-5-16-7-13-21-17(15-16)8-14-22(20(21)6-2)26(4)18-9-11-19(12-10-18)27-23(3,24)25;1-4-10-8(2)6-5-7-9(10)3;1-2-3/h5-7,9-11,13,15,19H,1-2,8,12,14H2,3-4H3;6H,4-5,7H2,1-3H3;2H,1,3H2. The van der Waals surface area contributed by atoms with Gasteiger partial charge < -0.3 is 15.4 Å². The second-order valence-electron chi connectivity index (χ2n) is 10.2. The maximum atomic E-state index is 13.0. The lowest BCUT2D eigenvalue weighted by atomic mass is 9.86. The average Bonchev–Trinajstić information content (AvgIpc) is 2.92. The first kappa shape index (κ1) is 32.8. The summed E-state index contributed by atoms with van der Waals surface area (Å²) >= 11 is 0. The van der Waals surface area contributed by atoms with Gasteiger partial charge in [0.15, 0.2) is 0 Å². The van der Waals surface area contributed by atoms with Crippen molar-refractivity contribution in [2.45, 2.75) is 78.4 Å². The molecule has 0 spiro atoms. The Hall–Kier alpha value is -3.44. The highest BCUT2D eigenvalue weighted by Gasteiger charge is 2.27. The van der Waals surface area contributed by atoms with E-state index < -0.39 is 12.2 Å². The predicted octanol–water partition coefficient (Wildman–Crippen LogP) is 9.49. The third kappa shape index (κ3) is 9.06. The zero-order chi connectivity index (χ0) is 29.9. The predicted molar refractivity (Wildman–Crippen MR) is 167 cm³/mol. The second-order valence-corrected chi connectivity index (χ2v) is 10.2. The molecular formula is C35H46F2N2O. The number of fused-ring (bicyclic) bond motifs is 1. The summed E-state index contributed by atoms with van der Waals surface area (Å²) in [6.07, 6.45) is 15.1. The Kier molecular flexibility index (Phi) is 12.6. The van der Waals surface area contributed by atoms with Crippen LogP contribution in [0.3, 0.4) is 0 Å². The fraction of sp³-hybridized carbons (Fsp3) is 0.371. The molecule has 3 aliphatic rings. The number of alkyl halides is 2. The fourth-order valence-corrected chi connectivity index (χ4v) is 5.37. The normalized spacial score (nSPS) is 18.2. The second kappa shape index (κ2) is 15.4. The van der Waals surface area contributed by atoms with E-state index in [2.05, 4.69) is 75.4 Å². The van der Waals surface area contributed by atoms with Gasteiger partial charge in [0, 0.05) is 30.9 Å². The van der Waals surface area contributed by atoms with E-state index >= 15 is 0 Å². The smallest absolute Gasteiger partial charge is 0.353 e. The van der Waals surface area contributed by atoms with Crippen LogP contribution in [0.1, 0.15) is 76.5 Å². The van der Waals surface area contributed by atoms with Gasteiger partial charge in [-0.25, -0.2) is 0 Å². The van der Waals surface area contributed by atoms with Crippen LogP contribution in [0, 0.1) is 0 Å². The van der Waals surface area contributed by atoms with Crippen LogP contribution in [-0.2, 0) is 11.2 Å². The molecule has 3 nitrogen and oxygen atoms in total. The number of rotatable bonds is 7. The van der Waals surface area contributed by atoms with Gasteiger partial charge in [-0.2, -0.15) is 8.78 Å². The van der Waals surface area contributed by atoms with Crippen LogP contribution < -0.4 is 5.73 Å². The number of aryl methyl sites for hydroxylation is 1. The zero-order valence-electron chi connectivity index (χ0n) is 24.9. The molecule has 0 radical (unpaired) electrons. The quantitative estimate of drug-likeness (QED) is 0.369. The van der Waals surface area contributed by atoms with Crippen molar-refractivity contribution in [1.29, 1.82) is 0 Å². The molecule has 3 aliphatic carbocycles. The summed E-state index contributed by atoms with van der Waals surface area (Å²) in [7, 11) is 2.01. The summed E-state index contributed by atoms with van der Waals surface area (Å²) in [4.78, 5) is 2.12. The number of ether oxygens (including phenoxy) is 1. The van der Waals surface area contributed by atoms with Crippen molar-refractivity contribution >= 4 is 11.6 Å². The Morgan fingerprint density at radius 2 is 1.80 bits per heavy atom. The molecule has 4 rings (SSSR count). The zero-order valence-corrected chi connectivity index (χ0v) is 24.9. The number of allylic oxidation sites excluding steroid dienone is 8. The van der Waals surface area contributed by atoms with Gasteiger partial charge in [-0.1, -0.05) is 86.4 Å². The average molecular weight is 549 g/mol. The molecule has 0 saturated carbocycles. The molecule has 0 fully saturated rings. The van der Waals surface area contributed by atoms with Crippen molar-refractivity contribution in [1.82, 2.24) is 4.90 Å². The third-order valence-electron chi connectivity index (χ3n) is 7.31. The minimum absolute atomic E-state index is 0.426. The molecule has 5 heteroatoms. The van der Waals surface area contributed by atoms with E-state index in [-0.39, 0.29) is 0 Å². The van der Waals surface area contributed by atoms with Gasteiger partial charge in [-0.15, -0.1) is 0 Å². The van der Waals surface area contributed by atoms with Gasteiger partial charge in [0.25, 0.3) is 0 Å². The van der Waals surface area contributed by atoms with Crippen molar-refractivity contribution in [3.8, 4) is 0 Å². The number of likely N-dealkylation sites (N-methyl/N-ethyl adjacent to an activating group) is 1. The number of nitrogens with two attached hydrogens (primary N) is 1. The van der Waals surface area contributed by atoms with E-state index in [9.17, 15) is 8.78 Å². The van der Waals surface area contributed by atoms with E-state index in [1.165, 1.54) is 47.9 Å². The summed E-state index contributed by atoms with van der Waals surface area (Å²) in [6.45, 7) is 18.5. The van der Waals surface area contributed by atoms with Gasteiger partial charge in [-0.3, -0.25) is 0 Å². The molecule has 0 heterocycles. The molecule has 216 valence electrons. The van der Waals surface area contributed by atoms with Crippen molar-refractivity contribution in [3.63, 3.8) is 0 Å². The minimum atomic E-state index is -3.12. The molecule has 40 heavy (non-hydrogen) atoms. The summed E-state index contributed by atoms with van der Waals surface area (Å²) in [6, 6.07) is 6.36. The van der Waals surface area contributed by atoms with E-state index in [0.717, 1.165) is 36.6 Å². The van der Waals surface area contributed by atoms with Crippen molar-refractivity contribution in [3.05, 3.63) is 119 Å². The highest BCUT2D eigenvalue weighted by molar-refractivity contribution is 5.80. The highest BCUT2D eigenvalue weighted by Crippen LogP contribution is 2.36. The van der Waals surface area contributed by atoms with E-state index in [0.29, 0.717) is 6.42 Å². The largest absolute Gasteiger partial charge is 0.405 e. The Labute approximate surface area is 240 Å². The monoisotopic (exact) mass is 548 g/mol. The van der Waals surface area contributed by atoms with Gasteiger partial charge in [0.05, 0.1) is 6.10 Å². The van der Waals surface area contributed by atoms with Gasteiger partial charge in [0.1, 0.15) is 0 Å². The first-order valence-corrected chi connectivity index (χ1v) is 14.0. The fourth-order valence-electron chi connectivity index (χ4n) is 5.37. The minimum Gasteiger partial charge on any atom is -0.405 e. The number of benzene rings is 1. The molecule has 1 atom stereocenters. The van der Waals surface area contributed by atoms with Crippen LogP contribution in [0.5, 0.6) is 0 Å². The van der Waals surface area contributed by atoms with Gasteiger partial charge >= 0.3 is 6.11 Å². The molecule has 0 saturated heterocycles. The summed E-state index contributed by atoms with van der Waals surface area (Å²) in [5.74, 6) is 0. The first-order valence-electron chi connectivity index (χ1n) is 14.0. The van der Waals surface area contributed by atoms with Gasteiger partial charge in [0.2, 0.25) is 0 Å². The van der Waals surface area contributed by atoms with E-state index in [1.807, 2.05) is 31.4 Å². The third-order valence-corrected chi connectivity index (χ3v) is 7.31. The summed E-state index contributed by atoms with van der Waals surface area (Å²) < 4.78 is 30.8.